The van der Waals surface area contributed by atoms with Gasteiger partial charge < -0.3 is 5.32 Å². The number of rotatable bonds is 3. The van der Waals surface area contributed by atoms with E-state index in [1.807, 2.05) is 49.4 Å². The molecule has 0 atom stereocenters. The van der Waals surface area contributed by atoms with Crippen LogP contribution in [0.3, 0.4) is 0 Å². The summed E-state index contributed by atoms with van der Waals surface area (Å²) in [6.45, 7) is 1.94. The van der Waals surface area contributed by atoms with E-state index in [0.29, 0.717) is 0 Å². The molecular formula is C11H13NOS. The van der Waals surface area contributed by atoms with E-state index in [2.05, 4.69) is 5.32 Å². The van der Waals surface area contributed by atoms with E-state index < -0.39 is 0 Å². The van der Waals surface area contributed by atoms with Crippen LogP contribution >= 0.6 is 11.8 Å². The van der Waals surface area contributed by atoms with Crippen molar-refractivity contribution in [2.75, 3.05) is 11.1 Å². The standard InChI is InChI=1S/C11H13NOS/c1-2-3-9-14-11(13)12-10-7-5-4-6-8-10/h2-8H,9H2,1H3,(H,12,13)/b3-2+. The highest BCUT2D eigenvalue weighted by Crippen LogP contribution is 2.10. The maximum atomic E-state index is 11.3. The zero-order valence-corrected chi connectivity index (χ0v) is 8.88. The molecule has 0 bridgehead atoms. The van der Waals surface area contributed by atoms with E-state index >= 15 is 0 Å². The Kier molecular flexibility index (Phi) is 4.86. The molecule has 0 saturated heterocycles. The van der Waals surface area contributed by atoms with Crippen molar-refractivity contribution in [3.63, 3.8) is 0 Å². The van der Waals surface area contributed by atoms with Crippen LogP contribution in [0.2, 0.25) is 0 Å². The summed E-state index contributed by atoms with van der Waals surface area (Å²) in [4.78, 5) is 11.3. The molecule has 0 unspecified atom stereocenters. The van der Waals surface area contributed by atoms with Crippen LogP contribution in [0.25, 0.3) is 0 Å². The highest BCUT2D eigenvalue weighted by atomic mass is 32.2. The van der Waals surface area contributed by atoms with E-state index in [4.69, 9.17) is 0 Å². The van der Waals surface area contributed by atoms with E-state index in [9.17, 15) is 4.79 Å². The average Bonchev–Trinajstić information content (AvgIpc) is 2.20. The van der Waals surface area contributed by atoms with Crippen LogP contribution in [-0.4, -0.2) is 11.0 Å². The van der Waals surface area contributed by atoms with Gasteiger partial charge in [0.2, 0.25) is 0 Å². The minimum Gasteiger partial charge on any atom is -0.317 e. The first-order chi connectivity index (χ1) is 6.83. The van der Waals surface area contributed by atoms with Gasteiger partial charge >= 0.3 is 0 Å². The van der Waals surface area contributed by atoms with Gasteiger partial charge in [-0.05, 0) is 19.1 Å². The summed E-state index contributed by atoms with van der Waals surface area (Å²) >= 11 is 1.26. The number of hydrogen-bond acceptors (Lipinski definition) is 2. The molecular weight excluding hydrogens is 194 g/mol. The molecule has 0 saturated carbocycles. The summed E-state index contributed by atoms with van der Waals surface area (Å²) < 4.78 is 0. The molecule has 3 heteroatoms. The second-order valence-electron chi connectivity index (χ2n) is 2.66. The van der Waals surface area contributed by atoms with Crippen LogP contribution in [-0.2, 0) is 0 Å². The Bertz CT molecular complexity index is 308. The van der Waals surface area contributed by atoms with Crippen LogP contribution in [0.5, 0.6) is 0 Å². The number of nitrogens with one attached hydrogen (secondary N) is 1. The topological polar surface area (TPSA) is 29.1 Å². The predicted octanol–water partition coefficient (Wildman–Crippen LogP) is 3.53. The first-order valence-corrected chi connectivity index (χ1v) is 5.41. The largest absolute Gasteiger partial charge is 0.317 e. The molecule has 0 spiro atoms. The summed E-state index contributed by atoms with van der Waals surface area (Å²) in [5.41, 5.74) is 0.838. The van der Waals surface area contributed by atoms with Crippen molar-refractivity contribution in [2.45, 2.75) is 6.92 Å². The Balaban J connectivity index is 2.34. The predicted molar refractivity (Wildman–Crippen MR) is 62.7 cm³/mol. The lowest BCUT2D eigenvalue weighted by Crippen LogP contribution is -2.04. The molecule has 0 aliphatic heterocycles. The quantitative estimate of drug-likeness (QED) is 0.768. The third kappa shape index (κ3) is 4.14. The van der Waals surface area contributed by atoms with Gasteiger partial charge in [0.05, 0.1) is 0 Å². The number of hydrogen-bond donors (Lipinski definition) is 1. The lowest BCUT2D eigenvalue weighted by atomic mass is 10.3. The van der Waals surface area contributed by atoms with Crippen LogP contribution in [0.1, 0.15) is 6.92 Å². The molecule has 1 aromatic carbocycles. The molecule has 74 valence electrons. The van der Waals surface area contributed by atoms with Crippen molar-refractivity contribution in [3.05, 3.63) is 42.5 Å². The van der Waals surface area contributed by atoms with E-state index in [1.54, 1.807) is 0 Å². The molecule has 0 heterocycles. The van der Waals surface area contributed by atoms with Crippen molar-refractivity contribution in [1.82, 2.24) is 0 Å². The Labute approximate surface area is 88.4 Å². The van der Waals surface area contributed by atoms with Gasteiger partial charge in [0.25, 0.3) is 5.24 Å². The Morgan fingerprint density at radius 1 is 1.43 bits per heavy atom. The molecule has 1 aromatic rings. The number of carbonyl (C=O) groups excluding carboxylic acids is 1. The van der Waals surface area contributed by atoms with Crippen LogP contribution in [0, 0.1) is 0 Å². The minimum absolute atomic E-state index is 0.0192. The number of benzene rings is 1. The molecule has 1 amide bonds. The van der Waals surface area contributed by atoms with Crippen molar-refractivity contribution < 1.29 is 4.79 Å². The van der Waals surface area contributed by atoms with Gasteiger partial charge in [-0.15, -0.1) is 0 Å². The van der Waals surface area contributed by atoms with Gasteiger partial charge in [0.15, 0.2) is 0 Å². The SMILES string of the molecule is C/C=C/CSC(=O)Nc1ccccc1. The maximum Gasteiger partial charge on any atom is 0.283 e. The molecule has 1 N–H and O–H groups in total. The van der Waals surface area contributed by atoms with Crippen molar-refractivity contribution >= 4 is 22.7 Å². The number of carbonyl (C=O) groups is 1. The molecule has 0 fully saturated rings. The van der Waals surface area contributed by atoms with E-state index in [-0.39, 0.29) is 5.24 Å². The van der Waals surface area contributed by atoms with Gasteiger partial charge in [-0.2, -0.15) is 0 Å². The van der Waals surface area contributed by atoms with Crippen LogP contribution < -0.4 is 5.32 Å². The van der Waals surface area contributed by atoms with Crippen molar-refractivity contribution in [1.29, 1.82) is 0 Å². The number of amides is 1. The van der Waals surface area contributed by atoms with Gasteiger partial charge in [-0.25, -0.2) is 0 Å². The molecule has 0 aliphatic carbocycles. The van der Waals surface area contributed by atoms with Gasteiger partial charge in [0.1, 0.15) is 0 Å². The highest BCUT2D eigenvalue weighted by Gasteiger charge is 1.99. The fourth-order valence-electron chi connectivity index (χ4n) is 0.895. The lowest BCUT2D eigenvalue weighted by Gasteiger charge is -2.02. The zero-order chi connectivity index (χ0) is 10.2. The highest BCUT2D eigenvalue weighted by molar-refractivity contribution is 8.14. The summed E-state index contributed by atoms with van der Waals surface area (Å²) in [5.74, 6) is 0.717. The van der Waals surface area contributed by atoms with Gasteiger partial charge in [0, 0.05) is 11.4 Å². The number of allylic oxidation sites excluding steroid dienone is 1. The van der Waals surface area contributed by atoms with E-state index in [1.165, 1.54) is 11.8 Å². The zero-order valence-electron chi connectivity index (χ0n) is 8.07. The molecule has 0 aromatic heterocycles. The fraction of sp³-hybridized carbons (Fsp3) is 0.182. The summed E-state index contributed by atoms with van der Waals surface area (Å²) in [7, 11) is 0. The smallest absolute Gasteiger partial charge is 0.283 e. The molecule has 2 nitrogen and oxygen atoms in total. The summed E-state index contributed by atoms with van der Waals surface area (Å²) in [6.07, 6.45) is 3.89. The number of para-hydroxylation sites is 1. The third-order valence-electron chi connectivity index (χ3n) is 1.57. The minimum atomic E-state index is -0.0192. The van der Waals surface area contributed by atoms with Gasteiger partial charge in [-0.1, -0.05) is 42.1 Å². The monoisotopic (exact) mass is 207 g/mol. The average molecular weight is 207 g/mol. The van der Waals surface area contributed by atoms with Crippen LogP contribution in [0.15, 0.2) is 42.5 Å². The first kappa shape index (κ1) is 10.9. The summed E-state index contributed by atoms with van der Waals surface area (Å²) in [5, 5.41) is 2.77. The van der Waals surface area contributed by atoms with Crippen LogP contribution in [0.4, 0.5) is 10.5 Å². The summed E-state index contributed by atoms with van der Waals surface area (Å²) in [6, 6.07) is 9.45. The second-order valence-corrected chi connectivity index (χ2v) is 3.65. The van der Waals surface area contributed by atoms with Crippen molar-refractivity contribution in [3.8, 4) is 0 Å². The fourth-order valence-corrected chi connectivity index (χ4v) is 1.53. The number of thioether (sulfide) groups is 1. The van der Waals surface area contributed by atoms with E-state index in [0.717, 1.165) is 11.4 Å². The second kappa shape index (κ2) is 6.27. The number of anilines is 1. The Morgan fingerprint density at radius 3 is 2.79 bits per heavy atom. The molecule has 0 aliphatic rings. The Hall–Kier alpha value is -1.22. The van der Waals surface area contributed by atoms with Crippen molar-refractivity contribution in [2.24, 2.45) is 0 Å². The molecule has 1 rings (SSSR count). The maximum absolute atomic E-state index is 11.3. The molecule has 14 heavy (non-hydrogen) atoms. The van der Waals surface area contributed by atoms with Gasteiger partial charge in [-0.3, -0.25) is 4.79 Å². The normalized spacial score (nSPS) is 10.4. The lowest BCUT2D eigenvalue weighted by molar-refractivity contribution is 0.270. The first-order valence-electron chi connectivity index (χ1n) is 4.43. The Morgan fingerprint density at radius 2 is 2.14 bits per heavy atom. The third-order valence-corrected chi connectivity index (χ3v) is 2.29. The molecule has 0 radical (unpaired) electrons.